The minimum atomic E-state index is -0.0237. The van der Waals surface area contributed by atoms with Crippen LogP contribution in [0.25, 0.3) is 22.5 Å². The summed E-state index contributed by atoms with van der Waals surface area (Å²) in [4.78, 5) is 15.4. The fraction of sp³-hybridized carbons (Fsp3) is 0.407. The van der Waals surface area contributed by atoms with Crippen molar-refractivity contribution in [3.63, 3.8) is 0 Å². The van der Waals surface area contributed by atoms with E-state index in [9.17, 15) is 4.79 Å². The molecule has 6 heteroatoms. The molecule has 4 rings (SSSR count). The molecule has 0 spiro atoms. The Labute approximate surface area is 196 Å². The van der Waals surface area contributed by atoms with E-state index in [1.54, 1.807) is 7.11 Å². The normalized spacial score (nSPS) is 18.1. The largest absolute Gasteiger partial charge is 0.497 e. The molecule has 1 aromatic heterocycles. The Hall–Kier alpha value is -3.12. The molecule has 0 saturated carbocycles. The van der Waals surface area contributed by atoms with Crippen molar-refractivity contribution in [2.75, 3.05) is 14.2 Å². The van der Waals surface area contributed by atoms with E-state index in [0.29, 0.717) is 5.56 Å². The van der Waals surface area contributed by atoms with Gasteiger partial charge in [0.1, 0.15) is 5.75 Å². The van der Waals surface area contributed by atoms with Crippen molar-refractivity contribution in [2.24, 2.45) is 0 Å². The van der Waals surface area contributed by atoms with Crippen LogP contribution in [-0.2, 0) is 0 Å². The van der Waals surface area contributed by atoms with E-state index in [1.165, 1.54) is 0 Å². The number of hydrogen-bond donors (Lipinski definition) is 2. The number of likely N-dealkylation sites (tertiary alicyclic amines) is 1. The number of piperidine rings is 1. The van der Waals surface area contributed by atoms with Gasteiger partial charge in [-0.05, 0) is 83.5 Å². The van der Waals surface area contributed by atoms with Gasteiger partial charge >= 0.3 is 0 Å². The number of rotatable bonds is 5. The fourth-order valence-electron chi connectivity index (χ4n) is 4.94. The maximum absolute atomic E-state index is 13.0. The molecule has 0 unspecified atom stereocenters. The smallest absolute Gasteiger partial charge is 0.251 e. The van der Waals surface area contributed by atoms with Crippen LogP contribution >= 0.6 is 0 Å². The van der Waals surface area contributed by atoms with E-state index < -0.39 is 0 Å². The molecule has 1 amide bonds. The average Bonchev–Trinajstić information content (AvgIpc) is 3.27. The predicted octanol–water partition coefficient (Wildman–Crippen LogP) is 5.13. The molecule has 0 aliphatic carbocycles. The van der Waals surface area contributed by atoms with Gasteiger partial charge < -0.3 is 10.1 Å². The van der Waals surface area contributed by atoms with Gasteiger partial charge in [-0.2, -0.15) is 5.10 Å². The van der Waals surface area contributed by atoms with Crippen molar-refractivity contribution in [2.45, 2.75) is 57.7 Å². The molecular formula is C27H34N4O2. The van der Waals surface area contributed by atoms with Crippen molar-refractivity contribution in [1.29, 1.82) is 0 Å². The van der Waals surface area contributed by atoms with Gasteiger partial charge in [0.15, 0.2) is 0 Å². The van der Waals surface area contributed by atoms with Gasteiger partial charge in [-0.25, -0.2) is 0 Å². The second-order valence-corrected chi connectivity index (χ2v) is 10.2. The summed E-state index contributed by atoms with van der Waals surface area (Å²) in [6.45, 7) is 8.97. The van der Waals surface area contributed by atoms with E-state index >= 15 is 0 Å². The fourth-order valence-corrected chi connectivity index (χ4v) is 4.94. The van der Waals surface area contributed by atoms with E-state index in [2.05, 4.69) is 55.2 Å². The molecule has 0 radical (unpaired) electrons. The van der Waals surface area contributed by atoms with Crippen molar-refractivity contribution in [3.05, 3.63) is 60.2 Å². The van der Waals surface area contributed by atoms with Crippen LogP contribution < -0.4 is 10.1 Å². The minimum absolute atomic E-state index is 0.0237. The van der Waals surface area contributed by atoms with Crippen LogP contribution in [0.2, 0.25) is 0 Å². The van der Waals surface area contributed by atoms with Crippen LogP contribution in [0.15, 0.2) is 54.6 Å². The van der Waals surface area contributed by atoms with Gasteiger partial charge in [0.05, 0.1) is 18.5 Å². The maximum atomic E-state index is 13.0. The highest BCUT2D eigenvalue weighted by Crippen LogP contribution is 2.37. The maximum Gasteiger partial charge on any atom is 0.251 e. The molecule has 0 atom stereocenters. The molecule has 1 aliphatic heterocycles. The van der Waals surface area contributed by atoms with Crippen molar-refractivity contribution in [3.8, 4) is 28.3 Å². The van der Waals surface area contributed by atoms with Crippen LogP contribution in [0, 0.1) is 0 Å². The lowest BCUT2D eigenvalue weighted by atomic mass is 9.77. The Kier molecular flexibility index (Phi) is 6.06. The number of methoxy groups -OCH3 is 1. The zero-order chi connectivity index (χ0) is 23.8. The molecule has 174 valence electrons. The van der Waals surface area contributed by atoms with Crippen LogP contribution in [0.1, 0.15) is 50.9 Å². The van der Waals surface area contributed by atoms with Gasteiger partial charge in [0, 0.05) is 28.2 Å². The Balaban J connectivity index is 1.45. The standard InChI is InChI=1S/C27H34N4O2/c1-26(2)16-21(17-27(3,4)31(26)5)28-25(32)19-12-10-18(11-13-19)23-15-24(30-29-23)20-8-7-9-22(14-20)33-6/h7-15,21H,16-17H2,1-6H3,(H,28,32)(H,29,30). The first-order chi connectivity index (χ1) is 15.6. The Bertz CT molecular complexity index is 1110. The highest BCUT2D eigenvalue weighted by molar-refractivity contribution is 5.94. The minimum Gasteiger partial charge on any atom is -0.497 e. The zero-order valence-corrected chi connectivity index (χ0v) is 20.4. The summed E-state index contributed by atoms with van der Waals surface area (Å²) in [7, 11) is 3.83. The third kappa shape index (κ3) is 4.81. The number of hydrogen-bond acceptors (Lipinski definition) is 4. The first kappa shape index (κ1) is 23.1. The topological polar surface area (TPSA) is 70.2 Å². The number of ether oxygens (including phenoxy) is 1. The summed E-state index contributed by atoms with van der Waals surface area (Å²) in [6, 6.07) is 17.6. The van der Waals surface area contributed by atoms with Crippen LogP contribution in [0.4, 0.5) is 0 Å². The lowest BCUT2D eigenvalue weighted by Crippen LogP contribution is -2.62. The van der Waals surface area contributed by atoms with E-state index in [0.717, 1.165) is 41.1 Å². The summed E-state index contributed by atoms with van der Waals surface area (Å²) in [6.07, 6.45) is 1.86. The lowest BCUT2D eigenvalue weighted by Gasteiger charge is -2.53. The number of carbonyl (C=O) groups excluding carboxylic acids is 1. The first-order valence-electron chi connectivity index (χ1n) is 11.4. The summed E-state index contributed by atoms with van der Waals surface area (Å²) >= 11 is 0. The summed E-state index contributed by atoms with van der Waals surface area (Å²) < 4.78 is 5.31. The molecule has 33 heavy (non-hydrogen) atoms. The number of H-pyrrole nitrogens is 1. The van der Waals surface area contributed by atoms with E-state index in [1.807, 2.05) is 54.6 Å². The molecule has 2 N–H and O–H groups in total. The predicted molar refractivity (Wildman–Crippen MR) is 132 cm³/mol. The molecule has 1 aliphatic rings. The number of amides is 1. The van der Waals surface area contributed by atoms with E-state index in [-0.39, 0.29) is 23.0 Å². The summed E-state index contributed by atoms with van der Waals surface area (Å²) in [5.74, 6) is 0.771. The second-order valence-electron chi connectivity index (χ2n) is 10.2. The molecule has 1 saturated heterocycles. The number of carbonyl (C=O) groups is 1. The molecule has 3 aromatic rings. The number of nitrogens with zero attached hydrogens (tertiary/aromatic N) is 2. The van der Waals surface area contributed by atoms with Crippen molar-refractivity contribution >= 4 is 5.91 Å². The summed E-state index contributed by atoms with van der Waals surface area (Å²) in [5, 5.41) is 10.8. The third-order valence-corrected chi connectivity index (χ3v) is 7.04. The van der Waals surface area contributed by atoms with Crippen LogP contribution in [0.5, 0.6) is 5.75 Å². The lowest BCUT2D eigenvalue weighted by molar-refractivity contribution is -0.0169. The zero-order valence-electron chi connectivity index (χ0n) is 20.4. The first-order valence-corrected chi connectivity index (χ1v) is 11.4. The quantitative estimate of drug-likeness (QED) is 0.570. The van der Waals surface area contributed by atoms with Crippen molar-refractivity contribution < 1.29 is 9.53 Å². The number of aromatic nitrogens is 2. The highest BCUT2D eigenvalue weighted by Gasteiger charge is 2.43. The van der Waals surface area contributed by atoms with Crippen molar-refractivity contribution in [1.82, 2.24) is 20.4 Å². The van der Waals surface area contributed by atoms with Crippen LogP contribution in [-0.4, -0.2) is 52.3 Å². The number of nitrogens with one attached hydrogen (secondary N) is 2. The monoisotopic (exact) mass is 446 g/mol. The van der Waals surface area contributed by atoms with Crippen LogP contribution in [0.3, 0.4) is 0 Å². The molecule has 6 nitrogen and oxygen atoms in total. The molecule has 0 bridgehead atoms. The molecular weight excluding hydrogens is 412 g/mol. The van der Waals surface area contributed by atoms with Gasteiger partial charge in [0.25, 0.3) is 5.91 Å². The number of aromatic amines is 1. The highest BCUT2D eigenvalue weighted by atomic mass is 16.5. The Morgan fingerprint density at radius 3 is 2.33 bits per heavy atom. The molecule has 2 aromatic carbocycles. The van der Waals surface area contributed by atoms with Gasteiger partial charge in [-0.1, -0.05) is 24.3 Å². The third-order valence-electron chi connectivity index (χ3n) is 7.04. The second kappa shape index (κ2) is 8.67. The Morgan fingerprint density at radius 1 is 1.03 bits per heavy atom. The van der Waals surface area contributed by atoms with E-state index in [4.69, 9.17) is 4.74 Å². The molecule has 1 fully saturated rings. The van der Waals surface area contributed by atoms with Gasteiger partial charge in [-0.15, -0.1) is 0 Å². The average molecular weight is 447 g/mol. The Morgan fingerprint density at radius 2 is 1.70 bits per heavy atom. The van der Waals surface area contributed by atoms with Gasteiger partial charge in [0.2, 0.25) is 0 Å². The summed E-state index contributed by atoms with van der Waals surface area (Å²) in [5.41, 5.74) is 4.44. The van der Waals surface area contributed by atoms with Gasteiger partial charge in [-0.3, -0.25) is 14.8 Å². The SMILES string of the molecule is COc1cccc(-c2cc(-c3ccc(C(=O)NC4CC(C)(C)N(C)C(C)(C)C4)cc3)[nH]n2)c1. The number of benzene rings is 2. The molecule has 2 heterocycles.